The molecule has 0 aliphatic heterocycles. The maximum Gasteiger partial charge on any atom is 0.254 e. The number of anilines is 1. The first-order valence-corrected chi connectivity index (χ1v) is 5.69. The van der Waals surface area contributed by atoms with Gasteiger partial charge in [0.1, 0.15) is 6.04 Å². The monoisotopic (exact) mass is 271 g/mol. The maximum atomic E-state index is 13.0. The molecule has 1 aromatic carbocycles. The van der Waals surface area contributed by atoms with Crippen molar-refractivity contribution >= 4 is 17.5 Å². The zero-order valence-corrected chi connectivity index (χ0v) is 10.6. The lowest BCUT2D eigenvalue weighted by atomic mass is 10.1. The first-order valence-electron chi connectivity index (χ1n) is 5.69. The first kappa shape index (κ1) is 14.9. The highest BCUT2D eigenvalue weighted by atomic mass is 19.2. The van der Waals surface area contributed by atoms with Crippen molar-refractivity contribution in [1.82, 2.24) is 10.6 Å². The summed E-state index contributed by atoms with van der Waals surface area (Å²) in [6.45, 7) is 3.63. The highest BCUT2D eigenvalue weighted by molar-refractivity contribution is 6.01. The Kier molecular flexibility index (Phi) is 4.80. The topological polar surface area (TPSA) is 84.2 Å². The summed E-state index contributed by atoms with van der Waals surface area (Å²) in [6, 6.07) is 0.617. The number of carbonyl (C=O) groups is 2. The van der Waals surface area contributed by atoms with Crippen LogP contribution < -0.4 is 16.4 Å². The minimum absolute atomic E-state index is 0.195. The van der Waals surface area contributed by atoms with E-state index >= 15 is 0 Å². The molecule has 0 aliphatic carbocycles. The van der Waals surface area contributed by atoms with Crippen molar-refractivity contribution in [1.29, 1.82) is 0 Å². The quantitative estimate of drug-likeness (QED) is 0.708. The Balaban J connectivity index is 2.84. The van der Waals surface area contributed by atoms with Crippen LogP contribution in [0.1, 0.15) is 24.2 Å². The van der Waals surface area contributed by atoms with Crippen LogP contribution in [0.4, 0.5) is 14.5 Å². The second-order valence-corrected chi connectivity index (χ2v) is 3.94. The van der Waals surface area contributed by atoms with Gasteiger partial charge in [-0.25, -0.2) is 8.78 Å². The van der Waals surface area contributed by atoms with E-state index < -0.39 is 23.6 Å². The molecule has 1 atom stereocenters. The molecule has 0 bridgehead atoms. The fourth-order valence-electron chi connectivity index (χ4n) is 1.43. The van der Waals surface area contributed by atoms with E-state index in [4.69, 9.17) is 5.73 Å². The van der Waals surface area contributed by atoms with E-state index in [2.05, 4.69) is 10.6 Å². The highest BCUT2D eigenvalue weighted by Crippen LogP contribution is 2.17. The van der Waals surface area contributed by atoms with E-state index in [0.29, 0.717) is 12.6 Å². The molecule has 1 unspecified atom stereocenters. The summed E-state index contributed by atoms with van der Waals surface area (Å²) in [5, 5.41) is 4.87. The molecule has 4 N–H and O–H groups in total. The van der Waals surface area contributed by atoms with E-state index in [9.17, 15) is 18.4 Å². The number of nitrogens with two attached hydrogens (primary N) is 1. The van der Waals surface area contributed by atoms with E-state index in [1.807, 2.05) is 0 Å². The van der Waals surface area contributed by atoms with Crippen molar-refractivity contribution in [2.45, 2.75) is 19.9 Å². The molecule has 0 radical (unpaired) electrons. The minimum Gasteiger partial charge on any atom is -0.398 e. The third-order valence-corrected chi connectivity index (χ3v) is 2.43. The van der Waals surface area contributed by atoms with Gasteiger partial charge in [-0.05, 0) is 19.9 Å². The summed E-state index contributed by atoms with van der Waals surface area (Å²) in [7, 11) is 0. The molecule has 0 spiro atoms. The third-order valence-electron chi connectivity index (χ3n) is 2.43. The SMILES string of the molecule is CCNC(=O)C(C)NC(=O)c1cc(F)c(F)cc1N. The standard InChI is InChI=1S/C12H15F2N3O2/c1-3-16-11(18)6(2)17-12(19)7-4-8(13)9(14)5-10(7)15/h4-6H,3,15H2,1-2H3,(H,16,18)(H,17,19). The lowest BCUT2D eigenvalue weighted by Crippen LogP contribution is -2.44. The molecule has 19 heavy (non-hydrogen) atoms. The van der Waals surface area contributed by atoms with Crippen LogP contribution in [-0.2, 0) is 4.79 Å². The number of benzene rings is 1. The fourth-order valence-corrected chi connectivity index (χ4v) is 1.43. The largest absolute Gasteiger partial charge is 0.398 e. The average Bonchev–Trinajstić information content (AvgIpc) is 2.33. The summed E-state index contributed by atoms with van der Waals surface area (Å²) in [5.41, 5.74) is 5.03. The predicted octanol–water partition coefficient (Wildman–Crippen LogP) is 0.801. The van der Waals surface area contributed by atoms with E-state index in [1.165, 1.54) is 6.92 Å². The molecule has 0 fully saturated rings. The van der Waals surface area contributed by atoms with Gasteiger partial charge in [-0.15, -0.1) is 0 Å². The number of nitrogens with one attached hydrogen (secondary N) is 2. The van der Waals surface area contributed by atoms with Gasteiger partial charge in [0.25, 0.3) is 5.91 Å². The Labute approximate surface area is 109 Å². The number of hydrogen-bond donors (Lipinski definition) is 3. The number of likely N-dealkylation sites (N-methyl/N-ethyl adjacent to an activating group) is 1. The molecule has 104 valence electrons. The first-order chi connectivity index (χ1) is 8.86. The van der Waals surface area contributed by atoms with E-state index in [1.54, 1.807) is 6.92 Å². The molecule has 2 amide bonds. The molecule has 0 aromatic heterocycles. The van der Waals surface area contributed by atoms with Crippen LogP contribution in [0, 0.1) is 11.6 Å². The van der Waals surface area contributed by atoms with Gasteiger partial charge in [0, 0.05) is 18.3 Å². The smallest absolute Gasteiger partial charge is 0.254 e. The van der Waals surface area contributed by atoms with Crippen LogP contribution >= 0.6 is 0 Å². The fraction of sp³-hybridized carbons (Fsp3) is 0.333. The van der Waals surface area contributed by atoms with Gasteiger partial charge in [-0.2, -0.15) is 0 Å². The van der Waals surface area contributed by atoms with Crippen molar-refractivity contribution in [3.8, 4) is 0 Å². The van der Waals surface area contributed by atoms with Crippen LogP contribution in [0.2, 0.25) is 0 Å². The van der Waals surface area contributed by atoms with Crippen LogP contribution in [0.3, 0.4) is 0 Å². The van der Waals surface area contributed by atoms with Gasteiger partial charge >= 0.3 is 0 Å². The number of hydrogen-bond acceptors (Lipinski definition) is 3. The van der Waals surface area contributed by atoms with Crippen LogP contribution in [0.25, 0.3) is 0 Å². The van der Waals surface area contributed by atoms with Crippen molar-refractivity contribution in [3.63, 3.8) is 0 Å². The third kappa shape index (κ3) is 3.64. The number of amides is 2. The summed E-state index contributed by atoms with van der Waals surface area (Å²) in [6.07, 6.45) is 0. The summed E-state index contributed by atoms with van der Waals surface area (Å²) in [4.78, 5) is 23.2. The van der Waals surface area contributed by atoms with Gasteiger partial charge in [-0.3, -0.25) is 9.59 Å². The molecular weight excluding hydrogens is 256 g/mol. The van der Waals surface area contributed by atoms with Crippen molar-refractivity contribution in [3.05, 3.63) is 29.3 Å². The highest BCUT2D eigenvalue weighted by Gasteiger charge is 2.19. The Bertz CT molecular complexity index is 506. The van der Waals surface area contributed by atoms with Crippen molar-refractivity contribution in [2.24, 2.45) is 0 Å². The van der Waals surface area contributed by atoms with E-state index in [-0.39, 0.29) is 17.2 Å². The number of halogens is 2. The molecular formula is C12H15F2N3O2. The van der Waals surface area contributed by atoms with Gasteiger partial charge in [0.05, 0.1) is 5.56 Å². The lowest BCUT2D eigenvalue weighted by Gasteiger charge is -2.14. The predicted molar refractivity (Wildman–Crippen MR) is 66.4 cm³/mol. The van der Waals surface area contributed by atoms with Crippen molar-refractivity contribution in [2.75, 3.05) is 12.3 Å². The molecule has 0 saturated heterocycles. The van der Waals surface area contributed by atoms with Gasteiger partial charge in [0.15, 0.2) is 11.6 Å². The van der Waals surface area contributed by atoms with Gasteiger partial charge in [0.2, 0.25) is 5.91 Å². The molecule has 1 aromatic rings. The lowest BCUT2D eigenvalue weighted by molar-refractivity contribution is -0.122. The molecule has 0 heterocycles. The molecule has 1 rings (SSSR count). The molecule has 0 saturated carbocycles. The second kappa shape index (κ2) is 6.12. The second-order valence-electron chi connectivity index (χ2n) is 3.94. The van der Waals surface area contributed by atoms with Crippen LogP contribution in [0.5, 0.6) is 0 Å². The maximum absolute atomic E-state index is 13.0. The van der Waals surface area contributed by atoms with Crippen molar-refractivity contribution < 1.29 is 18.4 Å². The Morgan fingerprint density at radius 1 is 1.32 bits per heavy atom. The van der Waals surface area contributed by atoms with Crippen LogP contribution in [-0.4, -0.2) is 24.4 Å². The molecule has 5 nitrogen and oxygen atoms in total. The Hall–Kier alpha value is -2.18. The van der Waals surface area contributed by atoms with Crippen LogP contribution in [0.15, 0.2) is 12.1 Å². The number of carbonyl (C=O) groups excluding carboxylic acids is 2. The zero-order valence-electron chi connectivity index (χ0n) is 10.6. The summed E-state index contributed by atoms with van der Waals surface area (Å²) >= 11 is 0. The normalized spacial score (nSPS) is 11.8. The molecule has 0 aliphatic rings. The van der Waals surface area contributed by atoms with E-state index in [0.717, 1.165) is 6.07 Å². The molecule has 7 heteroatoms. The minimum atomic E-state index is -1.18. The summed E-state index contributed by atoms with van der Waals surface area (Å²) < 4.78 is 25.9. The Morgan fingerprint density at radius 3 is 2.47 bits per heavy atom. The average molecular weight is 271 g/mol. The van der Waals surface area contributed by atoms with Gasteiger partial charge < -0.3 is 16.4 Å². The number of rotatable bonds is 4. The Morgan fingerprint density at radius 2 is 1.89 bits per heavy atom. The zero-order chi connectivity index (χ0) is 14.6. The summed E-state index contributed by atoms with van der Waals surface area (Å²) in [5.74, 6) is -3.43. The number of nitrogen functional groups attached to an aromatic ring is 1. The van der Waals surface area contributed by atoms with Gasteiger partial charge in [-0.1, -0.05) is 0 Å².